The lowest BCUT2D eigenvalue weighted by Crippen LogP contribution is -2.30. The van der Waals surface area contributed by atoms with Crippen LogP contribution < -0.4 is 5.32 Å². The van der Waals surface area contributed by atoms with Gasteiger partial charge in [0.1, 0.15) is 5.76 Å². The van der Waals surface area contributed by atoms with Crippen LogP contribution in [0.2, 0.25) is 0 Å². The molecule has 0 radical (unpaired) electrons. The van der Waals surface area contributed by atoms with Crippen LogP contribution >= 0.6 is 0 Å². The molecule has 2 heterocycles. The molecule has 1 N–H and O–H groups in total. The van der Waals surface area contributed by atoms with Gasteiger partial charge in [0, 0.05) is 6.04 Å². The van der Waals surface area contributed by atoms with Gasteiger partial charge in [-0.05, 0) is 26.5 Å². The van der Waals surface area contributed by atoms with Crippen molar-refractivity contribution < 1.29 is 8.94 Å². The minimum absolute atomic E-state index is 0.179. The van der Waals surface area contributed by atoms with Gasteiger partial charge in [0.2, 0.25) is 11.7 Å². The second-order valence-electron chi connectivity index (χ2n) is 4.48. The summed E-state index contributed by atoms with van der Waals surface area (Å²) in [6, 6.07) is 2.15. The Morgan fingerprint density at radius 1 is 1.39 bits per heavy atom. The fraction of sp³-hybridized carbons (Fsp3) is 0.538. The molecule has 2 unspecified atom stereocenters. The molecule has 0 aliphatic carbocycles. The van der Waals surface area contributed by atoms with E-state index < -0.39 is 0 Å². The first kappa shape index (κ1) is 12.8. The molecule has 0 saturated heterocycles. The Morgan fingerprint density at radius 3 is 2.78 bits per heavy atom. The molecule has 0 fully saturated rings. The van der Waals surface area contributed by atoms with E-state index in [1.807, 2.05) is 13.0 Å². The van der Waals surface area contributed by atoms with Crippen molar-refractivity contribution >= 4 is 0 Å². The smallest absolute Gasteiger partial charge is 0.231 e. The minimum atomic E-state index is 0.179. The van der Waals surface area contributed by atoms with Crippen LogP contribution in [0.4, 0.5) is 0 Å². The van der Waals surface area contributed by atoms with Crippen molar-refractivity contribution in [2.24, 2.45) is 0 Å². The normalized spacial score (nSPS) is 14.7. The Morgan fingerprint density at radius 2 is 2.17 bits per heavy atom. The molecule has 18 heavy (non-hydrogen) atoms. The molecule has 0 aromatic carbocycles. The number of hydrogen-bond acceptors (Lipinski definition) is 5. The number of likely N-dealkylation sites (N-methyl/N-ethyl adjacent to an activating group) is 1. The molecular formula is C13H19N3O2. The lowest BCUT2D eigenvalue weighted by molar-refractivity contribution is 0.332. The van der Waals surface area contributed by atoms with Gasteiger partial charge in [-0.25, -0.2) is 0 Å². The molecule has 98 valence electrons. The average Bonchev–Trinajstić information content (AvgIpc) is 2.96. The first-order valence-electron chi connectivity index (χ1n) is 6.25. The number of aromatic nitrogens is 2. The number of nitrogens with zero attached hydrogens (tertiary/aromatic N) is 2. The average molecular weight is 249 g/mol. The topological polar surface area (TPSA) is 64.1 Å². The molecule has 0 aliphatic rings. The minimum Gasteiger partial charge on any atom is -0.469 e. The van der Waals surface area contributed by atoms with Crippen molar-refractivity contribution in [3.63, 3.8) is 0 Å². The lowest BCUT2D eigenvalue weighted by Gasteiger charge is -2.16. The van der Waals surface area contributed by atoms with Crippen LogP contribution in [0.15, 0.2) is 21.3 Å². The Kier molecular flexibility index (Phi) is 3.81. The molecular weight excluding hydrogens is 230 g/mol. The Balaban J connectivity index is 2.18. The van der Waals surface area contributed by atoms with Crippen molar-refractivity contribution in [3.8, 4) is 11.4 Å². The van der Waals surface area contributed by atoms with Crippen molar-refractivity contribution in [1.82, 2.24) is 15.5 Å². The number of furan rings is 1. The summed E-state index contributed by atoms with van der Waals surface area (Å²) in [5.41, 5.74) is 0.883. The Labute approximate surface area is 107 Å². The van der Waals surface area contributed by atoms with E-state index in [4.69, 9.17) is 8.94 Å². The third-order valence-corrected chi connectivity index (χ3v) is 3.21. The predicted molar refractivity (Wildman–Crippen MR) is 68.3 cm³/mol. The maximum Gasteiger partial charge on any atom is 0.231 e. The fourth-order valence-electron chi connectivity index (χ4n) is 1.86. The number of nitrogens with one attached hydrogen (secondary N) is 1. The molecule has 2 aromatic rings. The molecule has 0 aliphatic heterocycles. The number of hydrogen-bond donors (Lipinski definition) is 1. The fourth-order valence-corrected chi connectivity index (χ4v) is 1.86. The van der Waals surface area contributed by atoms with Crippen molar-refractivity contribution in [2.75, 3.05) is 6.54 Å². The SMILES string of the molecule is CCNC(C)C(C)c1nc(-c2ccoc2C)no1. The van der Waals surface area contributed by atoms with Gasteiger partial charge in [-0.15, -0.1) is 0 Å². The standard InChI is InChI=1S/C13H19N3O2/c1-5-14-9(3)8(2)13-15-12(16-18-13)11-6-7-17-10(11)4/h6-9,14H,5H2,1-4H3. The summed E-state index contributed by atoms with van der Waals surface area (Å²) in [6.07, 6.45) is 1.63. The van der Waals surface area contributed by atoms with Crippen LogP contribution in [0.25, 0.3) is 11.4 Å². The predicted octanol–water partition coefficient (Wildman–Crippen LogP) is 2.74. The first-order valence-corrected chi connectivity index (χ1v) is 6.25. The van der Waals surface area contributed by atoms with E-state index >= 15 is 0 Å². The van der Waals surface area contributed by atoms with Gasteiger partial charge < -0.3 is 14.3 Å². The lowest BCUT2D eigenvalue weighted by atomic mass is 10.0. The largest absolute Gasteiger partial charge is 0.469 e. The van der Waals surface area contributed by atoms with Crippen molar-refractivity contribution in [2.45, 2.75) is 39.7 Å². The molecule has 0 amide bonds. The molecule has 0 saturated carbocycles. The van der Waals surface area contributed by atoms with E-state index in [1.165, 1.54) is 0 Å². The van der Waals surface area contributed by atoms with E-state index in [1.54, 1.807) is 6.26 Å². The highest BCUT2D eigenvalue weighted by Crippen LogP contribution is 2.24. The van der Waals surface area contributed by atoms with Crippen molar-refractivity contribution in [3.05, 3.63) is 24.0 Å². The third kappa shape index (κ3) is 2.46. The van der Waals surface area contributed by atoms with Gasteiger partial charge in [-0.3, -0.25) is 0 Å². The van der Waals surface area contributed by atoms with Gasteiger partial charge in [-0.1, -0.05) is 19.0 Å². The molecule has 2 rings (SSSR count). The summed E-state index contributed by atoms with van der Waals surface area (Å²) in [4.78, 5) is 4.44. The summed E-state index contributed by atoms with van der Waals surface area (Å²) in [5.74, 6) is 2.22. The Hall–Kier alpha value is -1.62. The van der Waals surface area contributed by atoms with E-state index in [2.05, 4.69) is 36.2 Å². The highest BCUT2D eigenvalue weighted by atomic mass is 16.5. The zero-order chi connectivity index (χ0) is 13.1. The summed E-state index contributed by atoms with van der Waals surface area (Å²) < 4.78 is 10.6. The van der Waals surface area contributed by atoms with Crippen molar-refractivity contribution in [1.29, 1.82) is 0 Å². The highest BCUT2D eigenvalue weighted by Gasteiger charge is 2.21. The molecule has 5 nitrogen and oxygen atoms in total. The second-order valence-corrected chi connectivity index (χ2v) is 4.48. The number of rotatable bonds is 5. The maximum atomic E-state index is 5.33. The molecule has 0 spiro atoms. The molecule has 5 heteroatoms. The molecule has 2 aromatic heterocycles. The molecule has 0 bridgehead atoms. The van der Waals surface area contributed by atoms with Gasteiger partial charge in [0.25, 0.3) is 0 Å². The van der Waals surface area contributed by atoms with Crippen LogP contribution in [-0.4, -0.2) is 22.7 Å². The van der Waals surface area contributed by atoms with E-state index in [0.717, 1.165) is 17.9 Å². The van der Waals surface area contributed by atoms with E-state index in [-0.39, 0.29) is 5.92 Å². The highest BCUT2D eigenvalue weighted by molar-refractivity contribution is 5.56. The van der Waals surface area contributed by atoms with E-state index in [0.29, 0.717) is 17.8 Å². The summed E-state index contributed by atoms with van der Waals surface area (Å²) in [7, 11) is 0. The summed E-state index contributed by atoms with van der Waals surface area (Å²) in [6.45, 7) is 9.08. The zero-order valence-corrected chi connectivity index (χ0v) is 11.2. The third-order valence-electron chi connectivity index (χ3n) is 3.21. The van der Waals surface area contributed by atoms with Crippen LogP contribution in [0.3, 0.4) is 0 Å². The Bertz CT molecular complexity index is 504. The van der Waals surface area contributed by atoms with Gasteiger partial charge in [0.05, 0.1) is 17.7 Å². The van der Waals surface area contributed by atoms with Crippen LogP contribution in [0.1, 0.15) is 38.3 Å². The summed E-state index contributed by atoms with van der Waals surface area (Å²) >= 11 is 0. The van der Waals surface area contributed by atoms with Crippen LogP contribution in [-0.2, 0) is 0 Å². The first-order chi connectivity index (χ1) is 8.63. The monoisotopic (exact) mass is 249 g/mol. The quantitative estimate of drug-likeness (QED) is 0.882. The van der Waals surface area contributed by atoms with Gasteiger partial charge in [0.15, 0.2) is 0 Å². The van der Waals surface area contributed by atoms with Gasteiger partial charge in [-0.2, -0.15) is 4.98 Å². The maximum absolute atomic E-state index is 5.33. The van der Waals surface area contributed by atoms with Crippen LogP contribution in [0.5, 0.6) is 0 Å². The second kappa shape index (κ2) is 5.35. The summed E-state index contributed by atoms with van der Waals surface area (Å²) in [5, 5.41) is 7.36. The van der Waals surface area contributed by atoms with Gasteiger partial charge >= 0.3 is 0 Å². The molecule has 2 atom stereocenters. The van der Waals surface area contributed by atoms with E-state index in [9.17, 15) is 0 Å². The number of aryl methyl sites for hydroxylation is 1. The van der Waals surface area contributed by atoms with Crippen LogP contribution in [0, 0.1) is 6.92 Å². The zero-order valence-electron chi connectivity index (χ0n) is 11.2.